The molecule has 1 saturated heterocycles. The smallest absolute Gasteiger partial charge is 0.167 e. The van der Waals surface area contributed by atoms with Crippen molar-refractivity contribution in [2.45, 2.75) is 39.2 Å². The van der Waals surface area contributed by atoms with E-state index in [1.807, 2.05) is 13.8 Å². The van der Waals surface area contributed by atoms with Gasteiger partial charge in [-0.25, -0.2) is 4.39 Å². The Morgan fingerprint density at radius 3 is 2.50 bits per heavy atom. The van der Waals surface area contributed by atoms with E-state index in [4.69, 9.17) is 10.5 Å². The van der Waals surface area contributed by atoms with Gasteiger partial charge in [0.15, 0.2) is 11.6 Å². The summed E-state index contributed by atoms with van der Waals surface area (Å²) in [6, 6.07) is 3.09. The summed E-state index contributed by atoms with van der Waals surface area (Å²) in [6.07, 6.45) is 3.54. The molecule has 0 unspecified atom stereocenters. The average Bonchev–Trinajstić information content (AvgIpc) is 2.33. The van der Waals surface area contributed by atoms with Crippen molar-refractivity contribution >= 4 is 11.4 Å². The number of anilines is 2. The van der Waals surface area contributed by atoms with Crippen molar-refractivity contribution < 1.29 is 9.13 Å². The molecule has 100 valence electrons. The molecular weight excluding hydrogens is 231 g/mol. The zero-order valence-corrected chi connectivity index (χ0v) is 11.1. The number of rotatable bonds is 3. The first-order valence-corrected chi connectivity index (χ1v) is 6.58. The zero-order valence-electron chi connectivity index (χ0n) is 11.1. The highest BCUT2D eigenvalue weighted by molar-refractivity contribution is 5.70. The first-order chi connectivity index (χ1) is 8.58. The number of hydrogen-bond acceptors (Lipinski definition) is 3. The number of halogens is 1. The third-order valence-corrected chi connectivity index (χ3v) is 3.14. The molecule has 0 aromatic heterocycles. The summed E-state index contributed by atoms with van der Waals surface area (Å²) in [7, 11) is 0. The van der Waals surface area contributed by atoms with Gasteiger partial charge in [-0.15, -0.1) is 0 Å². The average molecular weight is 252 g/mol. The number of nitrogens with zero attached hydrogens (tertiary/aromatic N) is 1. The lowest BCUT2D eigenvalue weighted by molar-refractivity contribution is 0.231. The molecule has 3 nitrogen and oxygen atoms in total. The Labute approximate surface area is 108 Å². The Bertz CT molecular complexity index is 415. The van der Waals surface area contributed by atoms with E-state index in [-0.39, 0.29) is 11.9 Å². The summed E-state index contributed by atoms with van der Waals surface area (Å²) >= 11 is 0. The maximum absolute atomic E-state index is 13.7. The van der Waals surface area contributed by atoms with Crippen LogP contribution in [-0.4, -0.2) is 19.2 Å². The second-order valence-electron chi connectivity index (χ2n) is 5.06. The molecule has 1 aromatic rings. The van der Waals surface area contributed by atoms with Crippen LogP contribution in [0.1, 0.15) is 33.1 Å². The molecule has 0 amide bonds. The minimum Gasteiger partial charge on any atom is -0.488 e. The van der Waals surface area contributed by atoms with Crippen molar-refractivity contribution in [1.82, 2.24) is 0 Å². The Hall–Kier alpha value is -1.45. The molecule has 2 rings (SSSR count). The van der Waals surface area contributed by atoms with Crippen molar-refractivity contribution in [3.8, 4) is 5.75 Å². The summed E-state index contributed by atoms with van der Waals surface area (Å²) in [5.74, 6) is -0.0956. The Kier molecular flexibility index (Phi) is 3.94. The van der Waals surface area contributed by atoms with Gasteiger partial charge in [0.2, 0.25) is 0 Å². The van der Waals surface area contributed by atoms with Gasteiger partial charge in [-0.3, -0.25) is 0 Å². The standard InChI is InChI=1S/C14H21FN2O/c1-10(2)18-14-9-13(12(16)8-11(14)15)17-6-4-3-5-7-17/h8-10H,3-7,16H2,1-2H3. The van der Waals surface area contributed by atoms with E-state index >= 15 is 0 Å². The monoisotopic (exact) mass is 252 g/mol. The summed E-state index contributed by atoms with van der Waals surface area (Å²) in [6.45, 7) is 5.74. The number of hydrogen-bond donors (Lipinski definition) is 1. The fraction of sp³-hybridized carbons (Fsp3) is 0.571. The molecule has 1 aromatic carbocycles. The second-order valence-corrected chi connectivity index (χ2v) is 5.06. The van der Waals surface area contributed by atoms with Crippen molar-refractivity contribution in [1.29, 1.82) is 0 Å². The number of nitrogen functional groups attached to an aromatic ring is 1. The van der Waals surface area contributed by atoms with Crippen LogP contribution in [0.5, 0.6) is 5.75 Å². The maximum Gasteiger partial charge on any atom is 0.167 e. The van der Waals surface area contributed by atoms with E-state index < -0.39 is 0 Å². The molecule has 4 heteroatoms. The first kappa shape index (κ1) is 13.0. The van der Waals surface area contributed by atoms with Crippen LogP contribution in [0.3, 0.4) is 0 Å². The molecule has 0 atom stereocenters. The Morgan fingerprint density at radius 2 is 1.89 bits per heavy atom. The van der Waals surface area contributed by atoms with Crippen LogP contribution in [0.15, 0.2) is 12.1 Å². The van der Waals surface area contributed by atoms with E-state index in [1.165, 1.54) is 12.5 Å². The third kappa shape index (κ3) is 2.86. The second kappa shape index (κ2) is 5.46. The first-order valence-electron chi connectivity index (χ1n) is 6.58. The molecule has 0 spiro atoms. The highest BCUT2D eigenvalue weighted by atomic mass is 19.1. The van der Waals surface area contributed by atoms with Crippen LogP contribution in [0.4, 0.5) is 15.8 Å². The molecular formula is C14H21FN2O. The van der Waals surface area contributed by atoms with Crippen molar-refractivity contribution in [2.24, 2.45) is 0 Å². The van der Waals surface area contributed by atoms with Gasteiger partial charge in [-0.2, -0.15) is 0 Å². The fourth-order valence-corrected chi connectivity index (χ4v) is 2.31. The lowest BCUT2D eigenvalue weighted by atomic mass is 10.1. The van der Waals surface area contributed by atoms with Gasteiger partial charge in [-0.05, 0) is 33.1 Å². The maximum atomic E-state index is 13.7. The van der Waals surface area contributed by atoms with E-state index in [0.29, 0.717) is 11.4 Å². The van der Waals surface area contributed by atoms with E-state index in [0.717, 1.165) is 31.6 Å². The highest BCUT2D eigenvalue weighted by Gasteiger charge is 2.17. The molecule has 0 saturated carbocycles. The molecule has 0 radical (unpaired) electrons. The molecule has 0 bridgehead atoms. The van der Waals surface area contributed by atoms with Crippen LogP contribution >= 0.6 is 0 Å². The predicted octanol–water partition coefficient (Wildman–Crippen LogP) is 3.19. The van der Waals surface area contributed by atoms with Gasteiger partial charge in [0.05, 0.1) is 17.5 Å². The lowest BCUT2D eigenvalue weighted by Crippen LogP contribution is -2.30. The van der Waals surface area contributed by atoms with Gasteiger partial charge in [0, 0.05) is 25.2 Å². The van der Waals surface area contributed by atoms with E-state index in [9.17, 15) is 4.39 Å². The minimum atomic E-state index is -0.387. The number of ether oxygens (including phenoxy) is 1. The van der Waals surface area contributed by atoms with E-state index in [2.05, 4.69) is 4.90 Å². The molecule has 1 aliphatic rings. The zero-order chi connectivity index (χ0) is 13.1. The molecule has 1 heterocycles. The molecule has 0 aliphatic carbocycles. The van der Waals surface area contributed by atoms with Gasteiger partial charge >= 0.3 is 0 Å². The van der Waals surface area contributed by atoms with Crippen LogP contribution in [0, 0.1) is 5.82 Å². The van der Waals surface area contributed by atoms with Crippen molar-refractivity contribution in [3.63, 3.8) is 0 Å². The summed E-state index contributed by atoms with van der Waals surface area (Å²) < 4.78 is 19.2. The lowest BCUT2D eigenvalue weighted by Gasteiger charge is -2.30. The minimum absolute atomic E-state index is 0.0441. The van der Waals surface area contributed by atoms with Gasteiger partial charge in [-0.1, -0.05) is 0 Å². The van der Waals surface area contributed by atoms with Crippen LogP contribution in [-0.2, 0) is 0 Å². The van der Waals surface area contributed by atoms with Crippen molar-refractivity contribution in [3.05, 3.63) is 17.9 Å². The number of piperidine rings is 1. The molecule has 1 aliphatic heterocycles. The Morgan fingerprint density at radius 1 is 1.22 bits per heavy atom. The fourth-order valence-electron chi connectivity index (χ4n) is 2.31. The Balaban J connectivity index is 2.28. The van der Waals surface area contributed by atoms with Crippen molar-refractivity contribution in [2.75, 3.05) is 23.7 Å². The topological polar surface area (TPSA) is 38.5 Å². The number of benzene rings is 1. The number of nitrogens with two attached hydrogens (primary N) is 1. The summed E-state index contributed by atoms with van der Waals surface area (Å²) in [4.78, 5) is 2.21. The SMILES string of the molecule is CC(C)Oc1cc(N2CCCCC2)c(N)cc1F. The van der Waals surface area contributed by atoms with Crippen LogP contribution < -0.4 is 15.4 Å². The summed E-state index contributed by atoms with van der Waals surface area (Å²) in [5.41, 5.74) is 7.30. The molecule has 18 heavy (non-hydrogen) atoms. The van der Waals surface area contributed by atoms with Crippen LogP contribution in [0.25, 0.3) is 0 Å². The molecule has 1 fully saturated rings. The third-order valence-electron chi connectivity index (χ3n) is 3.14. The summed E-state index contributed by atoms with van der Waals surface area (Å²) in [5, 5.41) is 0. The van der Waals surface area contributed by atoms with Gasteiger partial charge < -0.3 is 15.4 Å². The van der Waals surface area contributed by atoms with Gasteiger partial charge in [0.25, 0.3) is 0 Å². The van der Waals surface area contributed by atoms with E-state index in [1.54, 1.807) is 6.07 Å². The van der Waals surface area contributed by atoms with Gasteiger partial charge in [0.1, 0.15) is 0 Å². The molecule has 2 N–H and O–H groups in total. The largest absolute Gasteiger partial charge is 0.488 e. The predicted molar refractivity (Wildman–Crippen MR) is 72.6 cm³/mol. The van der Waals surface area contributed by atoms with Crippen LogP contribution in [0.2, 0.25) is 0 Å². The highest BCUT2D eigenvalue weighted by Crippen LogP contribution is 2.33. The normalized spacial score (nSPS) is 16.1. The quantitative estimate of drug-likeness (QED) is 0.840.